The molecule has 0 spiro atoms. The molecule has 0 aromatic heterocycles. The molecule has 2 nitrogen and oxygen atoms in total. The lowest BCUT2D eigenvalue weighted by Gasteiger charge is -2.17. The normalized spacial score (nSPS) is 16.2. The Morgan fingerprint density at radius 1 is 1.10 bits per heavy atom. The summed E-state index contributed by atoms with van der Waals surface area (Å²) < 4.78 is 0.635. The predicted molar refractivity (Wildman–Crippen MR) is 82.9 cm³/mol. The lowest BCUT2D eigenvalue weighted by atomic mass is 9.86. The second kappa shape index (κ2) is 5.25. The average Bonchev–Trinajstić information content (AvgIpc) is 2.46. The van der Waals surface area contributed by atoms with Crippen molar-refractivity contribution in [2.75, 3.05) is 0 Å². The molecule has 2 aromatic carbocycles. The first kappa shape index (κ1) is 13.1. The molecule has 0 saturated carbocycles. The molecule has 20 heavy (non-hydrogen) atoms. The van der Waals surface area contributed by atoms with Gasteiger partial charge in [0.25, 0.3) is 0 Å². The first-order chi connectivity index (χ1) is 9.65. The van der Waals surface area contributed by atoms with E-state index in [2.05, 4.69) is 15.9 Å². The van der Waals surface area contributed by atoms with Crippen molar-refractivity contribution in [2.24, 2.45) is 0 Å². The molecule has 0 atom stereocenters. The van der Waals surface area contributed by atoms with E-state index < -0.39 is 0 Å². The van der Waals surface area contributed by atoms with E-state index in [4.69, 9.17) is 0 Å². The Labute approximate surface area is 125 Å². The Hall–Kier alpha value is -1.87. The van der Waals surface area contributed by atoms with Gasteiger partial charge in [0.2, 0.25) is 0 Å². The van der Waals surface area contributed by atoms with Gasteiger partial charge in [-0.05, 0) is 58.1 Å². The number of halogens is 1. The van der Waals surface area contributed by atoms with E-state index in [1.165, 1.54) is 0 Å². The highest BCUT2D eigenvalue weighted by Gasteiger charge is 2.21. The Balaban J connectivity index is 1.97. The van der Waals surface area contributed by atoms with Gasteiger partial charge < -0.3 is 5.11 Å². The number of allylic oxidation sites excluding steroid dienone is 1. The number of benzene rings is 2. The van der Waals surface area contributed by atoms with Gasteiger partial charge in [-0.25, -0.2) is 0 Å². The molecular weight excluding hydrogens is 316 g/mol. The van der Waals surface area contributed by atoms with Crippen molar-refractivity contribution in [1.29, 1.82) is 0 Å². The van der Waals surface area contributed by atoms with Gasteiger partial charge in [-0.1, -0.05) is 30.3 Å². The Morgan fingerprint density at radius 3 is 2.70 bits per heavy atom. The van der Waals surface area contributed by atoms with Gasteiger partial charge in [0.05, 0.1) is 4.47 Å². The van der Waals surface area contributed by atoms with Crippen LogP contribution in [0.5, 0.6) is 5.75 Å². The number of hydrogen-bond acceptors (Lipinski definition) is 2. The zero-order chi connectivity index (χ0) is 14.1. The third-order valence-electron chi connectivity index (χ3n) is 3.53. The molecule has 1 N–H and O–H groups in total. The molecule has 2 aromatic rings. The van der Waals surface area contributed by atoms with E-state index >= 15 is 0 Å². The Kier molecular flexibility index (Phi) is 3.45. The van der Waals surface area contributed by atoms with Crippen molar-refractivity contribution in [1.82, 2.24) is 0 Å². The first-order valence-corrected chi connectivity index (χ1v) is 7.26. The SMILES string of the molecule is O=C1C(=Cc2ccc(O)c(Br)c2)CCc2ccccc21. The molecule has 100 valence electrons. The van der Waals surface area contributed by atoms with Crippen LogP contribution in [0.4, 0.5) is 0 Å². The number of aryl methyl sites for hydroxylation is 1. The lowest BCUT2D eigenvalue weighted by Crippen LogP contribution is -2.13. The minimum Gasteiger partial charge on any atom is -0.507 e. The Bertz CT molecular complexity index is 717. The molecule has 3 rings (SSSR count). The number of phenols is 1. The van der Waals surface area contributed by atoms with Crippen LogP contribution in [0.3, 0.4) is 0 Å². The van der Waals surface area contributed by atoms with Crippen LogP contribution in [0, 0.1) is 0 Å². The molecule has 1 aliphatic rings. The average molecular weight is 329 g/mol. The number of Topliss-reactive ketones (excluding diaryl/α,β-unsaturated/α-hetero) is 1. The van der Waals surface area contributed by atoms with Crippen LogP contribution in [-0.2, 0) is 6.42 Å². The number of carbonyl (C=O) groups excluding carboxylic acids is 1. The molecule has 0 amide bonds. The van der Waals surface area contributed by atoms with E-state index in [0.29, 0.717) is 4.47 Å². The van der Waals surface area contributed by atoms with Crippen LogP contribution < -0.4 is 0 Å². The van der Waals surface area contributed by atoms with Gasteiger partial charge in [0, 0.05) is 11.1 Å². The summed E-state index contributed by atoms with van der Waals surface area (Å²) in [6, 6.07) is 13.0. The molecule has 0 saturated heterocycles. The van der Waals surface area contributed by atoms with Crippen LogP contribution in [0.25, 0.3) is 6.08 Å². The van der Waals surface area contributed by atoms with Crippen molar-refractivity contribution in [3.8, 4) is 5.75 Å². The third kappa shape index (κ3) is 2.41. The Morgan fingerprint density at radius 2 is 1.90 bits per heavy atom. The largest absolute Gasteiger partial charge is 0.507 e. The van der Waals surface area contributed by atoms with Crippen molar-refractivity contribution < 1.29 is 9.90 Å². The van der Waals surface area contributed by atoms with Crippen molar-refractivity contribution in [3.63, 3.8) is 0 Å². The maximum Gasteiger partial charge on any atom is 0.189 e. The summed E-state index contributed by atoms with van der Waals surface area (Å²) in [5.74, 6) is 0.309. The highest BCUT2D eigenvalue weighted by Crippen LogP contribution is 2.29. The van der Waals surface area contributed by atoms with Gasteiger partial charge in [0.15, 0.2) is 5.78 Å². The summed E-state index contributed by atoms with van der Waals surface area (Å²) in [5.41, 5.74) is 3.67. The molecular formula is C17H13BrO2. The van der Waals surface area contributed by atoms with Gasteiger partial charge >= 0.3 is 0 Å². The fraction of sp³-hybridized carbons (Fsp3) is 0.118. The second-order valence-corrected chi connectivity index (χ2v) is 5.72. The van der Waals surface area contributed by atoms with Gasteiger partial charge in [-0.3, -0.25) is 4.79 Å². The predicted octanol–water partition coefficient (Wildman–Crippen LogP) is 4.37. The van der Waals surface area contributed by atoms with Crippen LogP contribution in [0.1, 0.15) is 27.9 Å². The van der Waals surface area contributed by atoms with Crippen molar-refractivity contribution in [2.45, 2.75) is 12.8 Å². The smallest absolute Gasteiger partial charge is 0.189 e. The zero-order valence-corrected chi connectivity index (χ0v) is 12.4. The fourth-order valence-corrected chi connectivity index (χ4v) is 2.86. The van der Waals surface area contributed by atoms with Gasteiger partial charge in [0.1, 0.15) is 5.75 Å². The minimum absolute atomic E-state index is 0.107. The highest BCUT2D eigenvalue weighted by atomic mass is 79.9. The topological polar surface area (TPSA) is 37.3 Å². The van der Waals surface area contributed by atoms with E-state index in [1.54, 1.807) is 12.1 Å². The van der Waals surface area contributed by atoms with Crippen LogP contribution in [-0.4, -0.2) is 10.9 Å². The lowest BCUT2D eigenvalue weighted by molar-refractivity contribution is 0.102. The van der Waals surface area contributed by atoms with E-state index in [9.17, 15) is 9.90 Å². The highest BCUT2D eigenvalue weighted by molar-refractivity contribution is 9.10. The standard InChI is InChI=1S/C17H13BrO2/c18-15-10-11(5-8-16(15)19)9-13-7-6-12-3-1-2-4-14(12)17(13)20/h1-5,8-10,19H,6-7H2. The number of ketones is 1. The molecule has 0 aliphatic heterocycles. The number of fused-ring (bicyclic) bond motifs is 1. The fourth-order valence-electron chi connectivity index (χ4n) is 2.47. The zero-order valence-electron chi connectivity index (χ0n) is 10.8. The minimum atomic E-state index is 0.107. The number of hydrogen-bond donors (Lipinski definition) is 1. The van der Waals surface area contributed by atoms with Crippen LogP contribution in [0.2, 0.25) is 0 Å². The summed E-state index contributed by atoms with van der Waals surface area (Å²) in [6.45, 7) is 0. The van der Waals surface area contributed by atoms with E-state index in [-0.39, 0.29) is 11.5 Å². The molecule has 0 unspecified atom stereocenters. The summed E-state index contributed by atoms with van der Waals surface area (Å²) in [6.07, 6.45) is 3.56. The summed E-state index contributed by atoms with van der Waals surface area (Å²) in [7, 11) is 0. The quantitative estimate of drug-likeness (QED) is 0.789. The monoisotopic (exact) mass is 328 g/mol. The summed E-state index contributed by atoms with van der Waals surface area (Å²) >= 11 is 3.29. The maximum absolute atomic E-state index is 12.4. The summed E-state index contributed by atoms with van der Waals surface area (Å²) in [4.78, 5) is 12.4. The van der Waals surface area contributed by atoms with Gasteiger partial charge in [-0.2, -0.15) is 0 Å². The van der Waals surface area contributed by atoms with Gasteiger partial charge in [-0.15, -0.1) is 0 Å². The third-order valence-corrected chi connectivity index (χ3v) is 4.17. The van der Waals surface area contributed by atoms with E-state index in [1.807, 2.05) is 36.4 Å². The van der Waals surface area contributed by atoms with Crippen molar-refractivity contribution >= 4 is 27.8 Å². The summed E-state index contributed by atoms with van der Waals surface area (Å²) in [5, 5.41) is 9.50. The molecule has 0 bridgehead atoms. The molecule has 0 radical (unpaired) electrons. The number of rotatable bonds is 1. The van der Waals surface area contributed by atoms with E-state index in [0.717, 1.165) is 35.1 Å². The second-order valence-electron chi connectivity index (χ2n) is 4.87. The number of carbonyl (C=O) groups is 1. The van der Waals surface area contributed by atoms with Crippen LogP contribution >= 0.6 is 15.9 Å². The molecule has 3 heteroatoms. The first-order valence-electron chi connectivity index (χ1n) is 6.47. The number of phenolic OH excluding ortho intramolecular Hbond substituents is 1. The molecule has 0 fully saturated rings. The molecule has 1 aliphatic carbocycles. The van der Waals surface area contributed by atoms with Crippen molar-refractivity contribution in [3.05, 3.63) is 69.2 Å². The molecule has 0 heterocycles. The maximum atomic E-state index is 12.4. The number of aromatic hydroxyl groups is 1. The van der Waals surface area contributed by atoms with Crippen LogP contribution in [0.15, 0.2) is 52.5 Å².